The molecule has 4 rings (SSSR count). The van der Waals surface area contributed by atoms with Crippen LogP contribution in [0, 0.1) is 16.0 Å². The van der Waals surface area contributed by atoms with Gasteiger partial charge < -0.3 is 10.6 Å². The first-order valence-electron chi connectivity index (χ1n) is 8.26. The smallest absolute Gasteiger partial charge is 0.293 e. The molecule has 26 heavy (non-hydrogen) atoms. The number of hydrogen-bond acceptors (Lipinski definition) is 7. The van der Waals surface area contributed by atoms with Crippen molar-refractivity contribution in [2.45, 2.75) is 31.6 Å². The summed E-state index contributed by atoms with van der Waals surface area (Å²) in [6, 6.07) is 2.80. The van der Waals surface area contributed by atoms with E-state index in [-0.39, 0.29) is 34.8 Å². The van der Waals surface area contributed by atoms with E-state index in [2.05, 4.69) is 25.6 Å². The van der Waals surface area contributed by atoms with Gasteiger partial charge in [-0.3, -0.25) is 19.7 Å². The van der Waals surface area contributed by atoms with Gasteiger partial charge in [-0.2, -0.15) is 0 Å². The molecule has 1 fully saturated rings. The van der Waals surface area contributed by atoms with Crippen LogP contribution >= 0.6 is 0 Å². The molecule has 2 heterocycles. The molecule has 1 aromatic carbocycles. The quantitative estimate of drug-likeness (QED) is 0.632. The minimum absolute atomic E-state index is 0.0193. The fourth-order valence-electron chi connectivity index (χ4n) is 3.78. The van der Waals surface area contributed by atoms with Gasteiger partial charge in [-0.05, 0) is 35.5 Å². The Morgan fingerprint density at radius 2 is 2.12 bits per heavy atom. The molecular weight excluding hydrogens is 342 g/mol. The number of anilines is 2. The third-order valence-corrected chi connectivity index (χ3v) is 4.95. The summed E-state index contributed by atoms with van der Waals surface area (Å²) in [4.78, 5) is 35.4. The van der Waals surface area contributed by atoms with E-state index in [4.69, 9.17) is 0 Å². The Hall–Kier alpha value is -3.30. The lowest BCUT2D eigenvalue weighted by Crippen LogP contribution is -2.18. The van der Waals surface area contributed by atoms with Gasteiger partial charge in [0.15, 0.2) is 5.69 Å². The van der Waals surface area contributed by atoms with E-state index >= 15 is 0 Å². The molecule has 10 heteroatoms. The molecule has 2 N–H and O–H groups in total. The summed E-state index contributed by atoms with van der Waals surface area (Å²) in [5.41, 5.74) is 0.718. The van der Waals surface area contributed by atoms with E-state index < -0.39 is 10.8 Å². The highest BCUT2D eigenvalue weighted by atomic mass is 16.6. The molecule has 1 aliphatic carbocycles. The van der Waals surface area contributed by atoms with Gasteiger partial charge in [-0.15, -0.1) is 0 Å². The maximum Gasteiger partial charge on any atom is 0.293 e. The standard InChI is InChI=1S/C16H15N5O5/c22-15(12-7-17-26-20-12)19-11-6-10-9(5-13(11)21(24)25)14(16(23)18-10)8-3-1-2-4-8/h5-8,14H,1-4H2,(H,18,23)(H,19,22). The second-order valence-corrected chi connectivity index (χ2v) is 6.47. The SMILES string of the molecule is O=C(Nc1cc2c(cc1[N+](=O)[O-])C(C1CCCC1)C(=O)N2)c1cnon1. The number of nitro groups is 1. The number of aromatic nitrogens is 2. The van der Waals surface area contributed by atoms with Crippen LogP contribution in [0.1, 0.15) is 47.7 Å². The van der Waals surface area contributed by atoms with Gasteiger partial charge in [0.2, 0.25) is 5.91 Å². The summed E-state index contributed by atoms with van der Waals surface area (Å²) in [6.45, 7) is 0. The first kappa shape index (κ1) is 16.2. The van der Waals surface area contributed by atoms with Crippen molar-refractivity contribution in [3.63, 3.8) is 0 Å². The number of carbonyl (C=O) groups is 2. The van der Waals surface area contributed by atoms with Crippen LogP contribution in [0.5, 0.6) is 0 Å². The zero-order chi connectivity index (χ0) is 18.3. The summed E-state index contributed by atoms with van der Waals surface area (Å²) >= 11 is 0. The molecule has 2 aromatic rings. The second-order valence-electron chi connectivity index (χ2n) is 6.47. The van der Waals surface area contributed by atoms with Gasteiger partial charge in [-0.25, -0.2) is 4.63 Å². The Kier molecular flexibility index (Phi) is 3.86. The van der Waals surface area contributed by atoms with E-state index in [1.165, 1.54) is 12.1 Å². The Balaban J connectivity index is 1.71. The number of benzene rings is 1. The summed E-state index contributed by atoms with van der Waals surface area (Å²) in [7, 11) is 0. The molecule has 10 nitrogen and oxygen atoms in total. The van der Waals surface area contributed by atoms with Crippen molar-refractivity contribution < 1.29 is 19.1 Å². The lowest BCUT2D eigenvalue weighted by atomic mass is 9.85. The van der Waals surface area contributed by atoms with Gasteiger partial charge in [0.1, 0.15) is 11.9 Å². The number of hydrogen-bond donors (Lipinski definition) is 2. The molecule has 2 amide bonds. The predicted octanol–water partition coefficient (Wildman–Crippen LogP) is 2.46. The highest BCUT2D eigenvalue weighted by Gasteiger charge is 2.40. The molecule has 1 aliphatic heterocycles. The number of fused-ring (bicyclic) bond motifs is 1. The van der Waals surface area contributed by atoms with Gasteiger partial charge in [-0.1, -0.05) is 18.0 Å². The van der Waals surface area contributed by atoms with E-state index in [0.29, 0.717) is 11.3 Å². The van der Waals surface area contributed by atoms with Crippen molar-refractivity contribution in [3.8, 4) is 0 Å². The highest BCUT2D eigenvalue weighted by molar-refractivity contribution is 6.07. The van der Waals surface area contributed by atoms with Crippen LogP contribution in [-0.4, -0.2) is 27.1 Å². The minimum Gasteiger partial charge on any atom is -0.325 e. The number of carbonyl (C=O) groups excluding carboxylic acids is 2. The fraction of sp³-hybridized carbons (Fsp3) is 0.375. The van der Waals surface area contributed by atoms with E-state index in [1.54, 1.807) is 0 Å². The van der Waals surface area contributed by atoms with E-state index in [0.717, 1.165) is 31.9 Å². The third kappa shape index (κ3) is 2.68. The Morgan fingerprint density at radius 3 is 2.77 bits per heavy atom. The van der Waals surface area contributed by atoms with Crippen LogP contribution in [0.4, 0.5) is 17.1 Å². The summed E-state index contributed by atoms with van der Waals surface area (Å²) in [5.74, 6) is -1.02. The van der Waals surface area contributed by atoms with Crippen molar-refractivity contribution in [2.75, 3.05) is 10.6 Å². The fourth-order valence-corrected chi connectivity index (χ4v) is 3.78. The maximum atomic E-state index is 12.4. The molecule has 2 aliphatic rings. The van der Waals surface area contributed by atoms with Gasteiger partial charge in [0.05, 0.1) is 10.8 Å². The van der Waals surface area contributed by atoms with E-state index in [9.17, 15) is 19.7 Å². The summed E-state index contributed by atoms with van der Waals surface area (Å²) < 4.78 is 4.36. The van der Waals surface area contributed by atoms with Crippen molar-refractivity contribution in [3.05, 3.63) is 39.7 Å². The molecule has 1 aromatic heterocycles. The topological polar surface area (TPSA) is 140 Å². The van der Waals surface area contributed by atoms with E-state index in [1.807, 2.05) is 0 Å². The zero-order valence-corrected chi connectivity index (χ0v) is 13.6. The van der Waals surface area contributed by atoms with Crippen LogP contribution in [0.15, 0.2) is 23.0 Å². The lowest BCUT2D eigenvalue weighted by Gasteiger charge is -2.16. The minimum atomic E-state index is -0.689. The number of nitrogens with zero attached hydrogens (tertiary/aromatic N) is 3. The van der Waals surface area contributed by atoms with Gasteiger partial charge in [0.25, 0.3) is 11.6 Å². The normalized spacial score (nSPS) is 19.2. The number of nitro benzene ring substituents is 1. The molecule has 0 bridgehead atoms. The molecule has 1 unspecified atom stereocenters. The average molecular weight is 357 g/mol. The predicted molar refractivity (Wildman–Crippen MR) is 88.7 cm³/mol. The lowest BCUT2D eigenvalue weighted by molar-refractivity contribution is -0.384. The van der Waals surface area contributed by atoms with Crippen LogP contribution in [0.25, 0.3) is 0 Å². The highest BCUT2D eigenvalue weighted by Crippen LogP contribution is 2.46. The molecule has 0 radical (unpaired) electrons. The van der Waals surface area contributed by atoms with Crippen molar-refractivity contribution >= 4 is 28.9 Å². The first-order chi connectivity index (χ1) is 12.5. The monoisotopic (exact) mass is 357 g/mol. The van der Waals surface area contributed by atoms with Crippen molar-refractivity contribution in [1.29, 1.82) is 0 Å². The van der Waals surface area contributed by atoms with Crippen LogP contribution < -0.4 is 10.6 Å². The zero-order valence-electron chi connectivity index (χ0n) is 13.6. The maximum absolute atomic E-state index is 12.4. The molecule has 0 saturated heterocycles. The average Bonchev–Trinajstić information content (AvgIpc) is 3.34. The van der Waals surface area contributed by atoms with Gasteiger partial charge in [0, 0.05) is 11.8 Å². The molecule has 134 valence electrons. The number of amides is 2. The Labute approximate surface area is 147 Å². The van der Waals surface area contributed by atoms with Crippen LogP contribution in [-0.2, 0) is 4.79 Å². The molecule has 1 atom stereocenters. The Morgan fingerprint density at radius 1 is 1.35 bits per heavy atom. The summed E-state index contributed by atoms with van der Waals surface area (Å²) in [6.07, 6.45) is 5.09. The van der Waals surface area contributed by atoms with Crippen LogP contribution in [0.3, 0.4) is 0 Å². The van der Waals surface area contributed by atoms with Gasteiger partial charge >= 0.3 is 0 Å². The Bertz CT molecular complexity index is 889. The van der Waals surface area contributed by atoms with Crippen molar-refractivity contribution in [1.82, 2.24) is 10.3 Å². The van der Waals surface area contributed by atoms with Crippen molar-refractivity contribution in [2.24, 2.45) is 5.92 Å². The number of rotatable bonds is 4. The number of nitrogens with one attached hydrogen (secondary N) is 2. The third-order valence-electron chi connectivity index (χ3n) is 4.95. The largest absolute Gasteiger partial charge is 0.325 e. The molecule has 1 saturated carbocycles. The second kappa shape index (κ2) is 6.21. The molecular formula is C16H15N5O5. The first-order valence-corrected chi connectivity index (χ1v) is 8.26. The summed E-state index contributed by atoms with van der Waals surface area (Å²) in [5, 5.41) is 23.4. The van der Waals surface area contributed by atoms with Crippen LogP contribution in [0.2, 0.25) is 0 Å². The molecule has 0 spiro atoms.